The normalized spacial score (nSPS) is 11.0. The van der Waals surface area contributed by atoms with Crippen molar-refractivity contribution in [1.29, 1.82) is 0 Å². The number of ether oxygens (including phenoxy) is 1. The second-order valence-corrected chi connectivity index (χ2v) is 8.91. The number of para-hydroxylation sites is 1. The van der Waals surface area contributed by atoms with Crippen molar-refractivity contribution < 1.29 is 9.53 Å². The summed E-state index contributed by atoms with van der Waals surface area (Å²) in [6.07, 6.45) is 4.54. The van der Waals surface area contributed by atoms with E-state index < -0.39 is 0 Å². The number of anilines is 1. The van der Waals surface area contributed by atoms with Crippen LogP contribution in [-0.2, 0) is 29.0 Å². The Morgan fingerprint density at radius 3 is 2.26 bits per heavy atom. The average molecular weight is 459 g/mol. The summed E-state index contributed by atoms with van der Waals surface area (Å²) in [5, 5.41) is 2.85. The average Bonchev–Trinajstić information content (AvgIpc) is 2.85. The number of amides is 1. The van der Waals surface area contributed by atoms with Gasteiger partial charge in [-0.2, -0.15) is 0 Å². The van der Waals surface area contributed by atoms with Gasteiger partial charge in [0.25, 0.3) is 0 Å². The highest BCUT2D eigenvalue weighted by Crippen LogP contribution is 2.11. The van der Waals surface area contributed by atoms with Crippen LogP contribution in [0, 0.1) is 6.92 Å². The first-order valence-electron chi connectivity index (χ1n) is 12.4. The fourth-order valence-corrected chi connectivity index (χ4v) is 3.90. The second kappa shape index (κ2) is 14.3. The molecule has 3 rings (SSSR count). The SMILES string of the molecule is CCCCN(CCc1ccc(C)cc1)CCc1cccc(COCC(=O)Nc2ccccc2)c1. The van der Waals surface area contributed by atoms with E-state index in [4.69, 9.17) is 4.74 Å². The lowest BCUT2D eigenvalue weighted by molar-refractivity contribution is -0.121. The molecule has 0 atom stereocenters. The van der Waals surface area contributed by atoms with Crippen LogP contribution in [0.15, 0.2) is 78.9 Å². The molecule has 0 radical (unpaired) electrons. The minimum absolute atomic E-state index is 0.0446. The van der Waals surface area contributed by atoms with Gasteiger partial charge in [0.05, 0.1) is 6.61 Å². The summed E-state index contributed by atoms with van der Waals surface area (Å²) < 4.78 is 5.66. The van der Waals surface area contributed by atoms with E-state index in [2.05, 4.69) is 72.6 Å². The first-order valence-corrected chi connectivity index (χ1v) is 12.4. The van der Waals surface area contributed by atoms with Gasteiger partial charge in [-0.25, -0.2) is 0 Å². The molecule has 0 bridgehead atoms. The van der Waals surface area contributed by atoms with E-state index in [-0.39, 0.29) is 12.5 Å². The lowest BCUT2D eigenvalue weighted by Crippen LogP contribution is -2.29. The molecule has 0 saturated heterocycles. The number of unbranched alkanes of at least 4 members (excludes halogenated alkanes) is 1. The number of carbonyl (C=O) groups is 1. The summed E-state index contributed by atoms with van der Waals surface area (Å²) in [4.78, 5) is 14.7. The van der Waals surface area contributed by atoms with Crippen LogP contribution in [-0.4, -0.2) is 37.0 Å². The van der Waals surface area contributed by atoms with Crippen molar-refractivity contribution >= 4 is 11.6 Å². The maximum atomic E-state index is 12.1. The number of carbonyl (C=O) groups excluding carboxylic acids is 1. The number of hydrogen-bond donors (Lipinski definition) is 1. The number of rotatable bonds is 14. The summed E-state index contributed by atoms with van der Waals surface area (Å²) in [6, 6.07) is 26.9. The third-order valence-electron chi connectivity index (χ3n) is 5.93. The van der Waals surface area contributed by atoms with Gasteiger partial charge in [-0.15, -0.1) is 0 Å². The molecule has 0 aliphatic heterocycles. The van der Waals surface area contributed by atoms with Crippen LogP contribution in [0.1, 0.15) is 42.0 Å². The Balaban J connectivity index is 1.44. The van der Waals surface area contributed by atoms with Crippen LogP contribution in [0.2, 0.25) is 0 Å². The van der Waals surface area contributed by atoms with Gasteiger partial charge in [0.15, 0.2) is 0 Å². The molecule has 0 saturated carbocycles. The molecule has 1 N–H and O–H groups in total. The van der Waals surface area contributed by atoms with Gasteiger partial charge >= 0.3 is 0 Å². The van der Waals surface area contributed by atoms with Crippen molar-refractivity contribution in [3.8, 4) is 0 Å². The molecule has 0 spiro atoms. The molecular weight excluding hydrogens is 420 g/mol. The lowest BCUT2D eigenvalue weighted by atomic mass is 10.1. The standard InChI is InChI=1S/C30H38N2O2/c1-3-4-19-32(20-17-26-15-13-25(2)14-16-26)21-18-27-9-8-10-28(22-27)23-34-24-30(33)31-29-11-6-5-7-12-29/h5-16,22H,3-4,17-21,23-24H2,1-2H3,(H,31,33). The van der Waals surface area contributed by atoms with E-state index in [1.807, 2.05) is 30.3 Å². The largest absolute Gasteiger partial charge is 0.367 e. The fraction of sp³-hybridized carbons (Fsp3) is 0.367. The quantitative estimate of drug-likeness (QED) is 0.320. The molecule has 0 aliphatic carbocycles. The Kier molecular flexibility index (Phi) is 10.8. The van der Waals surface area contributed by atoms with Gasteiger partial charge in [0.2, 0.25) is 5.91 Å². The van der Waals surface area contributed by atoms with Gasteiger partial charge < -0.3 is 15.0 Å². The van der Waals surface area contributed by atoms with Gasteiger partial charge in [-0.3, -0.25) is 4.79 Å². The van der Waals surface area contributed by atoms with E-state index in [0.29, 0.717) is 6.61 Å². The van der Waals surface area contributed by atoms with E-state index in [1.165, 1.54) is 29.5 Å². The van der Waals surface area contributed by atoms with Crippen molar-refractivity contribution in [1.82, 2.24) is 4.90 Å². The van der Waals surface area contributed by atoms with Crippen LogP contribution >= 0.6 is 0 Å². The summed E-state index contributed by atoms with van der Waals surface area (Å²) in [7, 11) is 0. The highest BCUT2D eigenvalue weighted by Gasteiger charge is 2.07. The molecule has 0 unspecified atom stereocenters. The Morgan fingerprint density at radius 2 is 1.53 bits per heavy atom. The van der Waals surface area contributed by atoms with E-state index in [0.717, 1.165) is 43.7 Å². The van der Waals surface area contributed by atoms with Crippen LogP contribution in [0.3, 0.4) is 0 Å². The highest BCUT2D eigenvalue weighted by atomic mass is 16.5. The van der Waals surface area contributed by atoms with E-state index >= 15 is 0 Å². The fourth-order valence-electron chi connectivity index (χ4n) is 3.90. The molecule has 180 valence electrons. The number of benzene rings is 3. The maximum Gasteiger partial charge on any atom is 0.250 e. The molecule has 4 heteroatoms. The minimum atomic E-state index is -0.137. The summed E-state index contributed by atoms with van der Waals surface area (Å²) in [5.74, 6) is -0.137. The Morgan fingerprint density at radius 1 is 0.824 bits per heavy atom. The monoisotopic (exact) mass is 458 g/mol. The van der Waals surface area contributed by atoms with Crippen molar-refractivity contribution in [2.24, 2.45) is 0 Å². The predicted octanol–water partition coefficient (Wildman–Crippen LogP) is 6.04. The van der Waals surface area contributed by atoms with Crippen molar-refractivity contribution in [2.75, 3.05) is 31.6 Å². The van der Waals surface area contributed by atoms with Gasteiger partial charge in [-0.1, -0.05) is 85.6 Å². The zero-order valence-electron chi connectivity index (χ0n) is 20.6. The third kappa shape index (κ3) is 9.50. The number of hydrogen-bond acceptors (Lipinski definition) is 3. The third-order valence-corrected chi connectivity index (χ3v) is 5.93. The van der Waals surface area contributed by atoms with Crippen molar-refractivity contribution in [3.63, 3.8) is 0 Å². The molecule has 3 aromatic rings. The Labute approximate surface area is 205 Å². The van der Waals surface area contributed by atoms with Crippen molar-refractivity contribution in [3.05, 3.63) is 101 Å². The highest BCUT2D eigenvalue weighted by molar-refractivity contribution is 5.91. The van der Waals surface area contributed by atoms with Crippen molar-refractivity contribution in [2.45, 2.75) is 46.1 Å². The molecule has 0 aromatic heterocycles. The number of aryl methyl sites for hydroxylation is 1. The molecule has 0 fully saturated rings. The predicted molar refractivity (Wildman–Crippen MR) is 141 cm³/mol. The molecule has 4 nitrogen and oxygen atoms in total. The van der Waals surface area contributed by atoms with E-state index in [9.17, 15) is 4.79 Å². The maximum absolute atomic E-state index is 12.1. The van der Waals surface area contributed by atoms with E-state index in [1.54, 1.807) is 0 Å². The van der Waals surface area contributed by atoms with Crippen LogP contribution in [0.5, 0.6) is 0 Å². The molecule has 3 aromatic carbocycles. The molecule has 34 heavy (non-hydrogen) atoms. The van der Waals surface area contributed by atoms with Gasteiger partial charge in [0.1, 0.15) is 6.61 Å². The molecular formula is C30H38N2O2. The number of nitrogens with zero attached hydrogens (tertiary/aromatic N) is 1. The Bertz CT molecular complexity index is 986. The topological polar surface area (TPSA) is 41.6 Å². The van der Waals surface area contributed by atoms with Gasteiger partial charge in [0, 0.05) is 18.8 Å². The molecule has 1 amide bonds. The number of nitrogens with one attached hydrogen (secondary N) is 1. The molecule has 0 heterocycles. The molecule has 0 aliphatic rings. The van der Waals surface area contributed by atoms with Crippen LogP contribution in [0.4, 0.5) is 5.69 Å². The van der Waals surface area contributed by atoms with Crippen LogP contribution in [0.25, 0.3) is 0 Å². The Hall–Kier alpha value is -2.95. The summed E-state index contributed by atoms with van der Waals surface area (Å²) in [6.45, 7) is 8.14. The zero-order chi connectivity index (χ0) is 24.0. The summed E-state index contributed by atoms with van der Waals surface area (Å²) >= 11 is 0. The first kappa shape index (κ1) is 25.7. The van der Waals surface area contributed by atoms with Crippen LogP contribution < -0.4 is 5.32 Å². The smallest absolute Gasteiger partial charge is 0.250 e. The lowest BCUT2D eigenvalue weighted by Gasteiger charge is -2.22. The minimum Gasteiger partial charge on any atom is -0.367 e. The zero-order valence-corrected chi connectivity index (χ0v) is 20.6. The first-order chi connectivity index (χ1) is 16.6. The second-order valence-electron chi connectivity index (χ2n) is 8.91. The summed E-state index contributed by atoms with van der Waals surface area (Å²) in [5.41, 5.74) is 5.92. The van der Waals surface area contributed by atoms with Gasteiger partial charge in [-0.05, 0) is 61.6 Å².